The number of carboxylic acids is 1. The van der Waals surface area contributed by atoms with Crippen molar-refractivity contribution in [2.24, 2.45) is 11.8 Å². The van der Waals surface area contributed by atoms with Gasteiger partial charge >= 0.3 is 5.97 Å². The third kappa shape index (κ3) is 5.95. The van der Waals surface area contributed by atoms with Crippen LogP contribution in [0.25, 0.3) is 0 Å². The van der Waals surface area contributed by atoms with Gasteiger partial charge in [0.25, 0.3) is 0 Å². The zero-order valence-electron chi connectivity index (χ0n) is 14.3. The Morgan fingerprint density at radius 1 is 1.43 bits per heavy atom. The molecule has 0 aromatic heterocycles. The van der Waals surface area contributed by atoms with Crippen molar-refractivity contribution in [3.8, 4) is 0 Å². The summed E-state index contributed by atoms with van der Waals surface area (Å²) in [6.07, 6.45) is 5.07. The third-order valence-corrected chi connectivity index (χ3v) is 4.89. The molecule has 2 unspecified atom stereocenters. The molecule has 0 amide bonds. The van der Waals surface area contributed by atoms with Gasteiger partial charge in [0.2, 0.25) is 0 Å². The van der Waals surface area contributed by atoms with Gasteiger partial charge in [0.05, 0.1) is 0 Å². The first-order valence-electron chi connectivity index (χ1n) is 8.60. The Hall–Kier alpha value is -0.610. The van der Waals surface area contributed by atoms with E-state index in [0.29, 0.717) is 6.42 Å². The minimum atomic E-state index is -0.762. The fourth-order valence-corrected chi connectivity index (χ4v) is 3.10. The molecule has 1 aliphatic heterocycles. The Labute approximate surface area is 130 Å². The van der Waals surface area contributed by atoms with E-state index >= 15 is 0 Å². The maximum Gasteiger partial charge on any atom is 0.323 e. The summed E-state index contributed by atoms with van der Waals surface area (Å²) >= 11 is 0. The summed E-state index contributed by atoms with van der Waals surface area (Å²) < 4.78 is 0. The van der Waals surface area contributed by atoms with Crippen LogP contribution in [0.15, 0.2) is 0 Å². The largest absolute Gasteiger partial charge is 0.480 e. The summed E-state index contributed by atoms with van der Waals surface area (Å²) in [5.41, 5.74) is -0.762. The van der Waals surface area contributed by atoms with E-state index in [1.54, 1.807) is 0 Å². The zero-order valence-corrected chi connectivity index (χ0v) is 14.3. The van der Waals surface area contributed by atoms with E-state index in [2.05, 4.69) is 31.0 Å². The molecule has 0 aliphatic carbocycles. The molecule has 1 rings (SSSR count). The first-order chi connectivity index (χ1) is 9.89. The van der Waals surface area contributed by atoms with Crippen molar-refractivity contribution in [3.05, 3.63) is 0 Å². The van der Waals surface area contributed by atoms with Gasteiger partial charge in [-0.2, -0.15) is 0 Å². The number of rotatable bonds is 10. The highest BCUT2D eigenvalue weighted by Crippen LogP contribution is 2.24. The Kier molecular flexibility index (Phi) is 7.67. The van der Waals surface area contributed by atoms with Gasteiger partial charge in [0.15, 0.2) is 0 Å². The molecule has 0 aromatic carbocycles. The number of aliphatic carboxylic acids is 1. The van der Waals surface area contributed by atoms with E-state index < -0.39 is 11.5 Å². The lowest BCUT2D eigenvalue weighted by molar-refractivity contribution is -0.144. The maximum atomic E-state index is 11.4. The zero-order chi connectivity index (χ0) is 15.9. The molecule has 2 N–H and O–H groups in total. The van der Waals surface area contributed by atoms with Crippen LogP contribution < -0.4 is 5.32 Å². The van der Waals surface area contributed by atoms with Gasteiger partial charge < -0.3 is 15.3 Å². The van der Waals surface area contributed by atoms with E-state index in [-0.39, 0.29) is 0 Å². The van der Waals surface area contributed by atoms with Gasteiger partial charge in [-0.1, -0.05) is 20.8 Å². The predicted octanol–water partition coefficient (Wildman–Crippen LogP) is 2.98. The fourth-order valence-electron chi connectivity index (χ4n) is 3.10. The summed E-state index contributed by atoms with van der Waals surface area (Å²) in [4.78, 5) is 14.0. The third-order valence-electron chi connectivity index (χ3n) is 4.89. The second-order valence-corrected chi connectivity index (χ2v) is 7.11. The van der Waals surface area contributed by atoms with E-state index in [1.807, 2.05) is 6.92 Å². The molecule has 0 bridgehead atoms. The van der Waals surface area contributed by atoms with Crippen LogP contribution in [0.5, 0.6) is 0 Å². The highest BCUT2D eigenvalue weighted by atomic mass is 16.4. The fraction of sp³-hybridized carbons (Fsp3) is 0.941. The molecule has 2 atom stereocenters. The first kappa shape index (κ1) is 18.4. The molecule has 1 fully saturated rings. The lowest BCUT2D eigenvalue weighted by Gasteiger charge is -2.26. The predicted molar refractivity (Wildman–Crippen MR) is 87.6 cm³/mol. The minimum Gasteiger partial charge on any atom is -0.480 e. The highest BCUT2D eigenvalue weighted by molar-refractivity contribution is 5.78. The van der Waals surface area contributed by atoms with Crippen molar-refractivity contribution in [1.82, 2.24) is 10.2 Å². The molecule has 124 valence electrons. The van der Waals surface area contributed by atoms with Crippen molar-refractivity contribution in [1.29, 1.82) is 0 Å². The van der Waals surface area contributed by atoms with Crippen LogP contribution in [0.3, 0.4) is 0 Å². The van der Waals surface area contributed by atoms with E-state index in [9.17, 15) is 9.90 Å². The van der Waals surface area contributed by atoms with Crippen LogP contribution >= 0.6 is 0 Å². The smallest absolute Gasteiger partial charge is 0.323 e. The molecule has 0 saturated carbocycles. The number of carbonyl (C=O) groups is 1. The van der Waals surface area contributed by atoms with Crippen LogP contribution in [0.1, 0.15) is 59.8 Å². The van der Waals surface area contributed by atoms with Crippen LogP contribution in [0.4, 0.5) is 0 Å². The number of unbranched alkanes of at least 4 members (excludes halogenated alkanes) is 1. The van der Waals surface area contributed by atoms with Gasteiger partial charge in [-0.05, 0) is 70.5 Å². The number of carboxylic acid groups (broad SMARTS) is 1. The van der Waals surface area contributed by atoms with Crippen LogP contribution in [0.2, 0.25) is 0 Å². The molecule has 0 spiro atoms. The summed E-state index contributed by atoms with van der Waals surface area (Å²) in [5.74, 6) is 0.904. The van der Waals surface area contributed by atoms with Crippen molar-refractivity contribution in [2.45, 2.75) is 65.3 Å². The standard InChI is InChI=1S/C17H34N2O2/c1-5-10-18-17(4,16(20)21)9-6-7-11-19-12-8-15(13-19)14(2)3/h14-15,18H,5-13H2,1-4H3,(H,20,21). The van der Waals surface area contributed by atoms with Gasteiger partial charge in [0.1, 0.15) is 5.54 Å². The number of nitrogens with one attached hydrogen (secondary N) is 1. The first-order valence-corrected chi connectivity index (χ1v) is 8.60. The lowest BCUT2D eigenvalue weighted by Crippen LogP contribution is -2.49. The molecule has 1 heterocycles. The highest BCUT2D eigenvalue weighted by Gasteiger charge is 2.31. The molecule has 1 saturated heterocycles. The molecule has 0 radical (unpaired) electrons. The number of hydrogen-bond donors (Lipinski definition) is 2. The molecular weight excluding hydrogens is 264 g/mol. The van der Waals surface area contributed by atoms with Gasteiger partial charge in [-0.3, -0.25) is 4.79 Å². The minimum absolute atomic E-state index is 0.712. The summed E-state index contributed by atoms with van der Waals surface area (Å²) in [6, 6.07) is 0. The van der Waals surface area contributed by atoms with E-state index in [4.69, 9.17) is 0 Å². The molecule has 21 heavy (non-hydrogen) atoms. The van der Waals surface area contributed by atoms with Crippen LogP contribution in [0, 0.1) is 11.8 Å². The lowest BCUT2D eigenvalue weighted by atomic mass is 9.94. The van der Waals surface area contributed by atoms with Gasteiger partial charge in [0, 0.05) is 6.54 Å². The Bertz CT molecular complexity index is 320. The summed E-state index contributed by atoms with van der Waals surface area (Å²) in [6.45, 7) is 12.8. The quantitative estimate of drug-likeness (QED) is 0.609. The van der Waals surface area contributed by atoms with Crippen molar-refractivity contribution in [2.75, 3.05) is 26.2 Å². The van der Waals surface area contributed by atoms with Crippen molar-refractivity contribution < 1.29 is 9.90 Å². The number of likely N-dealkylation sites (tertiary alicyclic amines) is 1. The van der Waals surface area contributed by atoms with E-state index in [0.717, 1.165) is 44.2 Å². The van der Waals surface area contributed by atoms with E-state index in [1.165, 1.54) is 19.5 Å². The molecular formula is C17H34N2O2. The average Bonchev–Trinajstić information content (AvgIpc) is 2.90. The van der Waals surface area contributed by atoms with Crippen molar-refractivity contribution >= 4 is 5.97 Å². The maximum absolute atomic E-state index is 11.4. The average molecular weight is 298 g/mol. The number of nitrogens with zero attached hydrogens (tertiary/aromatic N) is 1. The molecule has 0 aromatic rings. The summed E-state index contributed by atoms with van der Waals surface area (Å²) in [7, 11) is 0. The number of hydrogen-bond acceptors (Lipinski definition) is 3. The van der Waals surface area contributed by atoms with Gasteiger partial charge in [-0.25, -0.2) is 0 Å². The Balaban J connectivity index is 2.24. The second kappa shape index (κ2) is 8.74. The summed E-state index contributed by atoms with van der Waals surface area (Å²) in [5, 5.41) is 12.6. The van der Waals surface area contributed by atoms with Crippen LogP contribution in [-0.2, 0) is 4.79 Å². The normalized spacial score (nSPS) is 22.6. The monoisotopic (exact) mass is 298 g/mol. The topological polar surface area (TPSA) is 52.6 Å². The van der Waals surface area contributed by atoms with Gasteiger partial charge in [-0.15, -0.1) is 0 Å². The Morgan fingerprint density at radius 2 is 2.14 bits per heavy atom. The van der Waals surface area contributed by atoms with Crippen LogP contribution in [-0.4, -0.2) is 47.7 Å². The SMILES string of the molecule is CCCNC(C)(CCCCN1CCC(C(C)C)C1)C(=O)O. The molecule has 1 aliphatic rings. The molecule has 4 nitrogen and oxygen atoms in total. The molecule has 4 heteroatoms. The van der Waals surface area contributed by atoms with Crippen molar-refractivity contribution in [3.63, 3.8) is 0 Å². The second-order valence-electron chi connectivity index (χ2n) is 7.11. The Morgan fingerprint density at radius 3 is 2.67 bits per heavy atom.